The lowest BCUT2D eigenvalue weighted by Gasteiger charge is -2.24. The fourth-order valence-electron chi connectivity index (χ4n) is 4.71. The molecule has 1 atom stereocenters. The normalized spacial score (nSPS) is 16.0. The summed E-state index contributed by atoms with van der Waals surface area (Å²) in [5.74, 6) is 1.22. The Morgan fingerprint density at radius 3 is 2.80 bits per heavy atom. The van der Waals surface area contributed by atoms with E-state index in [0.717, 1.165) is 11.3 Å². The number of halogens is 1. The van der Waals surface area contributed by atoms with Crippen LogP contribution in [0.25, 0.3) is 17.4 Å². The fraction of sp³-hybridized carbons (Fsp3) is 0.179. The number of hydrogen-bond acceptors (Lipinski definition) is 10. The van der Waals surface area contributed by atoms with Gasteiger partial charge in [-0.3, -0.25) is 19.5 Å². The summed E-state index contributed by atoms with van der Waals surface area (Å²) in [6, 6.07) is 12.1. The lowest BCUT2D eigenvalue weighted by Crippen LogP contribution is -2.39. The minimum absolute atomic E-state index is 0.0149. The van der Waals surface area contributed by atoms with Crippen LogP contribution in [0, 0.1) is 10.1 Å². The SMILES string of the molecule is CCOC(=O)C1=C(C)N=c2s/c(=C\c3ccc(-c4ccc(Cl)c([N+](=O)[O-])c4)o3)c(=O)n2[C@@H]1c1ccc2c(c1)OCO2. The van der Waals surface area contributed by atoms with E-state index in [4.69, 9.17) is 30.2 Å². The lowest BCUT2D eigenvalue weighted by molar-refractivity contribution is -0.384. The Bertz CT molecular complexity index is 1950. The molecular formula is C28H20ClN3O8S. The summed E-state index contributed by atoms with van der Waals surface area (Å²) in [6.07, 6.45) is 1.57. The van der Waals surface area contributed by atoms with E-state index in [1.54, 1.807) is 56.3 Å². The van der Waals surface area contributed by atoms with Crippen molar-refractivity contribution in [1.29, 1.82) is 0 Å². The van der Waals surface area contributed by atoms with E-state index in [1.165, 1.54) is 16.7 Å². The smallest absolute Gasteiger partial charge is 0.338 e. The number of esters is 1. The maximum atomic E-state index is 13.8. The predicted molar refractivity (Wildman–Crippen MR) is 149 cm³/mol. The first-order valence-electron chi connectivity index (χ1n) is 12.4. The molecule has 6 rings (SSSR count). The Labute approximate surface area is 240 Å². The van der Waals surface area contributed by atoms with Crippen LogP contribution in [0.1, 0.15) is 31.2 Å². The van der Waals surface area contributed by atoms with Gasteiger partial charge in [-0.2, -0.15) is 0 Å². The van der Waals surface area contributed by atoms with Crippen molar-refractivity contribution in [2.75, 3.05) is 13.4 Å². The molecule has 0 N–H and O–H groups in total. The van der Waals surface area contributed by atoms with Gasteiger partial charge in [0.05, 0.1) is 33.4 Å². The molecular weight excluding hydrogens is 574 g/mol. The van der Waals surface area contributed by atoms with Crippen molar-refractivity contribution in [3.8, 4) is 22.8 Å². The number of nitro benzene ring substituents is 1. The minimum Gasteiger partial charge on any atom is -0.463 e. The standard InChI is InChI=1S/C28H20ClN3O8S/c1-3-37-27(34)24-14(2)30-28-31(25(24)16-5-8-21-22(11-16)39-13-38-21)26(33)23(41-28)12-17-6-9-20(40-17)15-4-7-18(29)19(10-15)32(35)36/h4-12,25H,3,13H2,1-2H3/b23-12-/t25-/m1/s1. The van der Waals surface area contributed by atoms with Crippen molar-refractivity contribution in [3.05, 3.63) is 106 Å². The molecule has 0 spiro atoms. The number of nitro groups is 1. The van der Waals surface area contributed by atoms with Crippen LogP contribution < -0.4 is 24.4 Å². The second-order valence-corrected chi connectivity index (χ2v) is 10.5. The second kappa shape index (κ2) is 10.4. The topological polar surface area (TPSA) is 135 Å². The van der Waals surface area contributed by atoms with Gasteiger partial charge in [0, 0.05) is 17.7 Å². The number of nitrogens with zero attached hydrogens (tertiary/aromatic N) is 3. The zero-order valence-corrected chi connectivity index (χ0v) is 23.2. The number of aromatic nitrogens is 1. The van der Waals surface area contributed by atoms with Crippen LogP contribution in [0.3, 0.4) is 0 Å². The number of thiazole rings is 1. The van der Waals surface area contributed by atoms with Crippen LogP contribution in [0.2, 0.25) is 5.02 Å². The third kappa shape index (κ3) is 4.70. The number of benzene rings is 2. The van der Waals surface area contributed by atoms with E-state index in [9.17, 15) is 19.7 Å². The zero-order chi connectivity index (χ0) is 28.8. The van der Waals surface area contributed by atoms with Gasteiger partial charge in [0.15, 0.2) is 16.3 Å². The highest BCUT2D eigenvalue weighted by atomic mass is 35.5. The summed E-state index contributed by atoms with van der Waals surface area (Å²) in [5.41, 5.74) is 1.14. The summed E-state index contributed by atoms with van der Waals surface area (Å²) in [5, 5.41) is 11.3. The third-order valence-electron chi connectivity index (χ3n) is 6.56. The summed E-state index contributed by atoms with van der Waals surface area (Å²) in [7, 11) is 0. The summed E-state index contributed by atoms with van der Waals surface area (Å²) >= 11 is 7.08. The van der Waals surface area contributed by atoms with Gasteiger partial charge in [-0.05, 0) is 55.8 Å². The Morgan fingerprint density at radius 1 is 1.22 bits per heavy atom. The number of fused-ring (bicyclic) bond motifs is 2. The molecule has 2 aromatic heterocycles. The number of hydrogen-bond donors (Lipinski definition) is 0. The predicted octanol–water partition coefficient (Wildman–Crippen LogP) is 4.35. The molecule has 0 radical (unpaired) electrons. The first kappa shape index (κ1) is 26.5. The molecule has 0 saturated carbocycles. The largest absolute Gasteiger partial charge is 0.463 e. The van der Waals surface area contributed by atoms with Crippen LogP contribution in [0.15, 0.2) is 74.0 Å². The number of rotatable bonds is 6. The number of carbonyl (C=O) groups excluding carboxylic acids is 1. The van der Waals surface area contributed by atoms with E-state index in [2.05, 4.69) is 4.99 Å². The molecule has 11 nitrogen and oxygen atoms in total. The highest BCUT2D eigenvalue weighted by molar-refractivity contribution is 7.07. The molecule has 4 heterocycles. The average molecular weight is 594 g/mol. The van der Waals surface area contributed by atoms with E-state index in [0.29, 0.717) is 49.2 Å². The maximum Gasteiger partial charge on any atom is 0.338 e. The van der Waals surface area contributed by atoms with Gasteiger partial charge in [0.25, 0.3) is 11.2 Å². The molecule has 0 bridgehead atoms. The lowest BCUT2D eigenvalue weighted by atomic mass is 9.95. The zero-order valence-electron chi connectivity index (χ0n) is 21.6. The molecule has 2 aliphatic heterocycles. The van der Waals surface area contributed by atoms with Crippen molar-refractivity contribution < 1.29 is 28.3 Å². The van der Waals surface area contributed by atoms with E-state index in [1.807, 2.05) is 0 Å². The number of carbonyl (C=O) groups is 1. The van der Waals surface area contributed by atoms with Gasteiger partial charge in [-0.25, -0.2) is 9.79 Å². The molecule has 2 aromatic carbocycles. The van der Waals surface area contributed by atoms with Crippen LogP contribution in [0.5, 0.6) is 11.5 Å². The Balaban J connectivity index is 1.45. The fourth-order valence-corrected chi connectivity index (χ4v) is 5.92. The highest BCUT2D eigenvalue weighted by Crippen LogP contribution is 2.38. The Morgan fingerprint density at radius 2 is 2.02 bits per heavy atom. The summed E-state index contributed by atoms with van der Waals surface area (Å²) in [6.45, 7) is 3.65. The first-order valence-corrected chi connectivity index (χ1v) is 13.6. The first-order chi connectivity index (χ1) is 19.7. The molecule has 2 aliphatic rings. The van der Waals surface area contributed by atoms with E-state index < -0.39 is 16.9 Å². The van der Waals surface area contributed by atoms with Gasteiger partial charge in [0.2, 0.25) is 6.79 Å². The van der Waals surface area contributed by atoms with Crippen LogP contribution in [0.4, 0.5) is 5.69 Å². The summed E-state index contributed by atoms with van der Waals surface area (Å²) in [4.78, 5) is 42.6. The molecule has 13 heteroatoms. The molecule has 4 aromatic rings. The monoisotopic (exact) mass is 593 g/mol. The highest BCUT2D eigenvalue weighted by Gasteiger charge is 2.34. The summed E-state index contributed by atoms with van der Waals surface area (Å²) < 4.78 is 24.0. The van der Waals surface area contributed by atoms with Gasteiger partial charge in [0.1, 0.15) is 16.5 Å². The molecule has 208 valence electrons. The van der Waals surface area contributed by atoms with Gasteiger partial charge in [-0.1, -0.05) is 29.0 Å². The van der Waals surface area contributed by atoms with Gasteiger partial charge >= 0.3 is 5.97 Å². The third-order valence-corrected chi connectivity index (χ3v) is 7.86. The van der Waals surface area contributed by atoms with Crippen molar-refractivity contribution >= 4 is 40.7 Å². The Kier molecular flexibility index (Phi) is 6.72. The van der Waals surface area contributed by atoms with Crippen LogP contribution in [-0.4, -0.2) is 28.9 Å². The number of ether oxygens (including phenoxy) is 3. The molecule has 41 heavy (non-hydrogen) atoms. The van der Waals surface area contributed by atoms with Crippen molar-refractivity contribution in [2.45, 2.75) is 19.9 Å². The second-order valence-electron chi connectivity index (χ2n) is 9.04. The van der Waals surface area contributed by atoms with E-state index in [-0.39, 0.29) is 35.2 Å². The van der Waals surface area contributed by atoms with Gasteiger partial charge in [-0.15, -0.1) is 0 Å². The van der Waals surface area contributed by atoms with Gasteiger partial charge < -0.3 is 18.6 Å². The van der Waals surface area contributed by atoms with Crippen molar-refractivity contribution in [2.24, 2.45) is 4.99 Å². The number of furan rings is 1. The number of allylic oxidation sites excluding steroid dienone is 1. The van der Waals surface area contributed by atoms with Crippen molar-refractivity contribution in [3.63, 3.8) is 0 Å². The van der Waals surface area contributed by atoms with Crippen LogP contribution in [-0.2, 0) is 9.53 Å². The molecule has 0 amide bonds. The Hall–Kier alpha value is -4.68. The maximum absolute atomic E-state index is 13.8. The molecule has 0 unspecified atom stereocenters. The van der Waals surface area contributed by atoms with E-state index >= 15 is 0 Å². The van der Waals surface area contributed by atoms with Crippen molar-refractivity contribution in [1.82, 2.24) is 4.57 Å². The molecule has 0 saturated heterocycles. The molecule has 0 fully saturated rings. The molecule has 0 aliphatic carbocycles. The van der Waals surface area contributed by atoms with Crippen LogP contribution >= 0.6 is 22.9 Å². The quantitative estimate of drug-likeness (QED) is 0.183. The minimum atomic E-state index is -0.816. The average Bonchev–Trinajstić information content (AvgIpc) is 3.67.